The second-order valence-electron chi connectivity index (χ2n) is 7.25. The van der Waals surface area contributed by atoms with Crippen molar-refractivity contribution in [3.63, 3.8) is 0 Å². The molecule has 0 bridgehead atoms. The number of morpholine rings is 1. The number of carbonyl (C=O) groups excluding carboxylic acids is 2. The fourth-order valence-corrected chi connectivity index (χ4v) is 2.95. The molecule has 0 spiro atoms. The highest BCUT2D eigenvalue weighted by Gasteiger charge is 2.29. The number of nitrogens with one attached hydrogen (secondary N) is 2. The van der Waals surface area contributed by atoms with Crippen LogP contribution in [0.25, 0.3) is 11.5 Å². The van der Waals surface area contributed by atoms with Crippen molar-refractivity contribution >= 4 is 17.5 Å². The maximum atomic E-state index is 12.2. The van der Waals surface area contributed by atoms with Gasteiger partial charge in [0.25, 0.3) is 0 Å². The summed E-state index contributed by atoms with van der Waals surface area (Å²) in [6.07, 6.45) is 0. The number of aromatic nitrogens is 2. The van der Waals surface area contributed by atoms with E-state index in [2.05, 4.69) is 25.7 Å². The first kappa shape index (κ1) is 20.0. The molecule has 9 heteroatoms. The molecule has 0 radical (unpaired) electrons. The molecule has 0 unspecified atom stereocenters. The second-order valence-corrected chi connectivity index (χ2v) is 7.25. The smallest absolute Gasteiger partial charge is 0.313 e. The third-order valence-corrected chi connectivity index (χ3v) is 4.67. The highest BCUT2D eigenvalue weighted by molar-refractivity contribution is 6.39. The summed E-state index contributed by atoms with van der Waals surface area (Å²) < 4.78 is 10.7. The van der Waals surface area contributed by atoms with Crippen LogP contribution in [-0.2, 0) is 14.3 Å². The Morgan fingerprint density at radius 1 is 1.11 bits per heavy atom. The molecule has 2 aromatic rings. The van der Waals surface area contributed by atoms with E-state index in [0.717, 1.165) is 18.7 Å². The molecule has 2 amide bonds. The van der Waals surface area contributed by atoms with Crippen LogP contribution in [-0.4, -0.2) is 65.3 Å². The highest BCUT2D eigenvalue weighted by atomic mass is 16.5. The molecule has 9 nitrogen and oxygen atoms in total. The van der Waals surface area contributed by atoms with Gasteiger partial charge in [0.2, 0.25) is 11.8 Å². The van der Waals surface area contributed by atoms with Crippen LogP contribution in [0.3, 0.4) is 0 Å². The lowest BCUT2D eigenvalue weighted by atomic mass is 10.0. The normalized spacial score (nSPS) is 15.2. The number of amides is 2. The summed E-state index contributed by atoms with van der Waals surface area (Å²) >= 11 is 0. The Kier molecular flexibility index (Phi) is 6.05. The van der Waals surface area contributed by atoms with Crippen molar-refractivity contribution in [2.45, 2.75) is 26.3 Å². The van der Waals surface area contributed by atoms with Crippen LogP contribution >= 0.6 is 0 Å². The maximum absolute atomic E-state index is 12.2. The minimum atomic E-state index is -0.709. The zero-order valence-corrected chi connectivity index (χ0v) is 16.3. The van der Waals surface area contributed by atoms with E-state index in [1.54, 1.807) is 31.2 Å². The van der Waals surface area contributed by atoms with E-state index >= 15 is 0 Å². The van der Waals surface area contributed by atoms with Gasteiger partial charge in [-0.2, -0.15) is 0 Å². The minimum Gasteiger partial charge on any atom is -0.421 e. The molecule has 0 atom stereocenters. The Hall–Kier alpha value is -2.78. The Balaban J connectivity index is 1.51. The quantitative estimate of drug-likeness (QED) is 0.742. The van der Waals surface area contributed by atoms with E-state index in [9.17, 15) is 9.59 Å². The van der Waals surface area contributed by atoms with Gasteiger partial charge in [0, 0.05) is 43.3 Å². The van der Waals surface area contributed by atoms with Crippen LogP contribution in [0.1, 0.15) is 19.7 Å². The molecule has 28 heavy (non-hydrogen) atoms. The van der Waals surface area contributed by atoms with E-state index < -0.39 is 11.8 Å². The summed E-state index contributed by atoms with van der Waals surface area (Å²) in [5.74, 6) is -0.500. The fourth-order valence-electron chi connectivity index (χ4n) is 2.95. The van der Waals surface area contributed by atoms with Gasteiger partial charge in [0.05, 0.1) is 13.2 Å². The van der Waals surface area contributed by atoms with Crippen molar-refractivity contribution in [2.75, 3.05) is 38.2 Å². The number of carbonyl (C=O) groups is 2. The van der Waals surface area contributed by atoms with Gasteiger partial charge < -0.3 is 19.8 Å². The minimum absolute atomic E-state index is 0.260. The average Bonchev–Trinajstić information content (AvgIpc) is 3.13. The molecule has 0 aliphatic carbocycles. The number of hydrogen-bond donors (Lipinski definition) is 2. The monoisotopic (exact) mass is 387 g/mol. The van der Waals surface area contributed by atoms with Gasteiger partial charge in [-0.05, 0) is 38.1 Å². The molecular weight excluding hydrogens is 362 g/mol. The summed E-state index contributed by atoms with van der Waals surface area (Å²) in [6, 6.07) is 6.83. The van der Waals surface area contributed by atoms with E-state index in [1.165, 1.54) is 0 Å². The standard InChI is InChI=1S/C19H25N5O4/c1-13-22-23-18(28-13)14-4-6-15(7-5-14)21-17(26)16(25)20-12-19(2,3)24-8-10-27-11-9-24/h4-7H,8-12H2,1-3H3,(H,20,25)(H,21,26). The van der Waals surface area contributed by atoms with Gasteiger partial charge in [-0.1, -0.05) is 0 Å². The molecule has 1 fully saturated rings. The van der Waals surface area contributed by atoms with Gasteiger partial charge in [-0.3, -0.25) is 14.5 Å². The Labute approximate surface area is 163 Å². The summed E-state index contributed by atoms with van der Waals surface area (Å²) in [6.45, 7) is 9.12. The lowest BCUT2D eigenvalue weighted by Gasteiger charge is -2.40. The van der Waals surface area contributed by atoms with Crippen LogP contribution in [0.2, 0.25) is 0 Å². The van der Waals surface area contributed by atoms with Crippen molar-refractivity contribution in [1.82, 2.24) is 20.4 Å². The third-order valence-electron chi connectivity index (χ3n) is 4.67. The third kappa shape index (κ3) is 4.93. The molecule has 1 aromatic heterocycles. The first-order valence-corrected chi connectivity index (χ1v) is 9.18. The summed E-state index contributed by atoms with van der Waals surface area (Å²) in [5.41, 5.74) is 0.978. The van der Waals surface area contributed by atoms with Crippen LogP contribution in [0.4, 0.5) is 5.69 Å². The number of benzene rings is 1. The van der Waals surface area contributed by atoms with Crippen molar-refractivity contribution in [3.05, 3.63) is 30.2 Å². The Bertz CT molecular complexity index is 825. The van der Waals surface area contributed by atoms with Gasteiger partial charge in [-0.25, -0.2) is 0 Å². The lowest BCUT2D eigenvalue weighted by Crippen LogP contribution is -2.56. The van der Waals surface area contributed by atoms with Gasteiger partial charge in [0.15, 0.2) is 0 Å². The fraction of sp³-hybridized carbons (Fsp3) is 0.474. The maximum Gasteiger partial charge on any atom is 0.313 e. The average molecular weight is 387 g/mol. The lowest BCUT2D eigenvalue weighted by molar-refractivity contribution is -0.136. The number of aryl methyl sites for hydroxylation is 1. The van der Waals surface area contributed by atoms with Crippen molar-refractivity contribution in [3.8, 4) is 11.5 Å². The predicted octanol–water partition coefficient (Wildman–Crippen LogP) is 1.21. The first-order valence-electron chi connectivity index (χ1n) is 9.18. The van der Waals surface area contributed by atoms with Gasteiger partial charge >= 0.3 is 11.8 Å². The van der Waals surface area contributed by atoms with Gasteiger partial charge in [0.1, 0.15) is 0 Å². The summed E-state index contributed by atoms with van der Waals surface area (Å²) in [4.78, 5) is 26.6. The topological polar surface area (TPSA) is 110 Å². The second kappa shape index (κ2) is 8.49. The van der Waals surface area contributed by atoms with Crippen LogP contribution in [0, 0.1) is 6.92 Å². The molecule has 1 aliphatic rings. The summed E-state index contributed by atoms with van der Waals surface area (Å²) in [7, 11) is 0. The molecule has 150 valence electrons. The molecule has 3 rings (SSSR count). The number of ether oxygens (including phenoxy) is 1. The molecule has 2 N–H and O–H groups in total. The van der Waals surface area contributed by atoms with Gasteiger partial charge in [-0.15, -0.1) is 10.2 Å². The molecule has 0 saturated carbocycles. The van der Waals surface area contributed by atoms with Crippen molar-refractivity contribution in [1.29, 1.82) is 0 Å². The van der Waals surface area contributed by atoms with Crippen LogP contribution in [0.15, 0.2) is 28.7 Å². The largest absolute Gasteiger partial charge is 0.421 e. The highest BCUT2D eigenvalue weighted by Crippen LogP contribution is 2.20. The molecular formula is C19H25N5O4. The number of rotatable bonds is 5. The van der Waals surface area contributed by atoms with Crippen LogP contribution in [0.5, 0.6) is 0 Å². The van der Waals surface area contributed by atoms with E-state index in [1.807, 2.05) is 13.8 Å². The van der Waals surface area contributed by atoms with Crippen LogP contribution < -0.4 is 10.6 Å². The number of nitrogens with zero attached hydrogens (tertiary/aromatic N) is 3. The SMILES string of the molecule is Cc1nnc(-c2ccc(NC(=O)C(=O)NCC(C)(C)N3CCOCC3)cc2)o1. The van der Waals surface area contributed by atoms with E-state index in [0.29, 0.717) is 37.2 Å². The number of hydrogen-bond acceptors (Lipinski definition) is 7. The molecule has 1 aliphatic heterocycles. The zero-order valence-electron chi connectivity index (χ0n) is 16.3. The molecule has 1 aromatic carbocycles. The number of anilines is 1. The van der Waals surface area contributed by atoms with Crippen molar-refractivity contribution in [2.24, 2.45) is 0 Å². The summed E-state index contributed by atoms with van der Waals surface area (Å²) in [5, 5.41) is 13.0. The Morgan fingerprint density at radius 3 is 2.39 bits per heavy atom. The Morgan fingerprint density at radius 2 is 1.79 bits per heavy atom. The van der Waals surface area contributed by atoms with E-state index in [-0.39, 0.29) is 5.54 Å². The van der Waals surface area contributed by atoms with Crippen molar-refractivity contribution < 1.29 is 18.7 Å². The molecule has 2 heterocycles. The first-order chi connectivity index (χ1) is 13.3. The van der Waals surface area contributed by atoms with E-state index in [4.69, 9.17) is 9.15 Å². The zero-order chi connectivity index (χ0) is 20.1. The molecule has 1 saturated heterocycles. The predicted molar refractivity (Wildman–Crippen MR) is 103 cm³/mol.